The number of nitrogens with zero attached hydrogens (tertiary/aromatic N) is 4. The van der Waals surface area contributed by atoms with Gasteiger partial charge >= 0.3 is 0 Å². The first-order valence-electron chi connectivity index (χ1n) is 5.49. The number of hydrogen-bond acceptors (Lipinski definition) is 5. The maximum atomic E-state index is 5.12. The first-order chi connectivity index (χ1) is 8.69. The molecule has 0 radical (unpaired) electrons. The predicted molar refractivity (Wildman–Crippen MR) is 71.6 cm³/mol. The van der Waals surface area contributed by atoms with E-state index < -0.39 is 0 Å². The van der Waals surface area contributed by atoms with Crippen molar-refractivity contribution in [3.63, 3.8) is 0 Å². The van der Waals surface area contributed by atoms with Gasteiger partial charge in [0.15, 0.2) is 0 Å². The van der Waals surface area contributed by atoms with Crippen LogP contribution in [0.2, 0.25) is 0 Å². The molecule has 0 aliphatic carbocycles. The lowest BCUT2D eigenvalue weighted by Gasteiger charge is -2.14. The molecule has 0 bridgehead atoms. The highest BCUT2D eigenvalue weighted by atomic mass is 79.9. The Morgan fingerprint density at radius 3 is 3.06 bits per heavy atom. The second-order valence-corrected chi connectivity index (χ2v) is 4.68. The molecule has 2 aromatic rings. The van der Waals surface area contributed by atoms with Crippen LogP contribution in [0.1, 0.15) is 6.92 Å². The number of hydrogen-bond donors (Lipinski definition) is 1. The van der Waals surface area contributed by atoms with Crippen LogP contribution in [-0.2, 0) is 6.54 Å². The number of anilines is 1. The molecule has 18 heavy (non-hydrogen) atoms. The highest BCUT2D eigenvalue weighted by Gasteiger charge is 2.08. The Morgan fingerprint density at radius 2 is 2.39 bits per heavy atom. The van der Waals surface area contributed by atoms with Gasteiger partial charge in [-0.2, -0.15) is 10.1 Å². The van der Waals surface area contributed by atoms with Crippen molar-refractivity contribution in [3.05, 3.63) is 29.1 Å². The van der Waals surface area contributed by atoms with Crippen LogP contribution < -0.4 is 10.1 Å². The van der Waals surface area contributed by atoms with Crippen LogP contribution in [0.25, 0.3) is 0 Å². The summed E-state index contributed by atoms with van der Waals surface area (Å²) in [6.07, 6.45) is 5.34. The van der Waals surface area contributed by atoms with Crippen molar-refractivity contribution in [2.45, 2.75) is 19.5 Å². The molecule has 0 saturated carbocycles. The van der Waals surface area contributed by atoms with Gasteiger partial charge in [0.2, 0.25) is 11.8 Å². The maximum Gasteiger partial charge on any atom is 0.232 e. The van der Waals surface area contributed by atoms with E-state index >= 15 is 0 Å². The largest absolute Gasteiger partial charge is 0.480 e. The zero-order chi connectivity index (χ0) is 13.0. The van der Waals surface area contributed by atoms with Crippen LogP contribution in [0.15, 0.2) is 29.1 Å². The minimum Gasteiger partial charge on any atom is -0.480 e. The lowest BCUT2D eigenvalue weighted by molar-refractivity contribution is 0.394. The molecule has 2 heterocycles. The number of ether oxygens (including phenoxy) is 1. The van der Waals surface area contributed by atoms with Crippen molar-refractivity contribution in [2.75, 3.05) is 12.4 Å². The molecule has 7 heteroatoms. The van der Waals surface area contributed by atoms with Crippen LogP contribution >= 0.6 is 15.9 Å². The standard InChI is InChI=1S/C11H14BrN5O/c1-8(7-17-5-3-4-14-17)15-11-13-6-9(12)10(16-11)18-2/h3-6,8H,7H2,1-2H3,(H,13,15,16). The number of methoxy groups -OCH3 is 1. The van der Waals surface area contributed by atoms with Crippen molar-refractivity contribution < 1.29 is 4.74 Å². The van der Waals surface area contributed by atoms with E-state index in [9.17, 15) is 0 Å². The molecule has 2 rings (SSSR count). The summed E-state index contributed by atoms with van der Waals surface area (Å²) in [5.74, 6) is 1.05. The lowest BCUT2D eigenvalue weighted by Crippen LogP contribution is -2.23. The average molecular weight is 312 g/mol. The maximum absolute atomic E-state index is 5.12. The summed E-state index contributed by atoms with van der Waals surface area (Å²) < 4.78 is 7.70. The molecule has 1 N–H and O–H groups in total. The third-order valence-electron chi connectivity index (χ3n) is 2.30. The van der Waals surface area contributed by atoms with E-state index in [1.165, 1.54) is 0 Å². The molecule has 0 aromatic carbocycles. The third kappa shape index (κ3) is 3.19. The van der Waals surface area contributed by atoms with Crippen LogP contribution in [0.3, 0.4) is 0 Å². The Kier molecular flexibility index (Phi) is 4.14. The van der Waals surface area contributed by atoms with Crippen LogP contribution in [0.4, 0.5) is 5.95 Å². The monoisotopic (exact) mass is 311 g/mol. The van der Waals surface area contributed by atoms with Gasteiger partial charge in [0.05, 0.1) is 24.3 Å². The molecule has 6 nitrogen and oxygen atoms in total. The van der Waals surface area contributed by atoms with Crippen LogP contribution in [-0.4, -0.2) is 32.9 Å². The summed E-state index contributed by atoms with van der Waals surface area (Å²) in [4.78, 5) is 8.42. The lowest BCUT2D eigenvalue weighted by atomic mass is 10.3. The van der Waals surface area contributed by atoms with Crippen molar-refractivity contribution in [1.82, 2.24) is 19.7 Å². The topological polar surface area (TPSA) is 64.9 Å². The van der Waals surface area contributed by atoms with Crippen molar-refractivity contribution in [2.24, 2.45) is 0 Å². The molecule has 1 atom stereocenters. The quantitative estimate of drug-likeness (QED) is 0.914. The Hall–Kier alpha value is -1.63. The van der Waals surface area contributed by atoms with E-state index in [1.54, 1.807) is 19.5 Å². The highest BCUT2D eigenvalue weighted by Crippen LogP contribution is 2.21. The van der Waals surface area contributed by atoms with Gasteiger partial charge in [0.25, 0.3) is 0 Å². The summed E-state index contributed by atoms with van der Waals surface area (Å²) >= 11 is 3.31. The number of aromatic nitrogens is 4. The first kappa shape index (κ1) is 12.8. The minimum absolute atomic E-state index is 0.163. The van der Waals surface area contributed by atoms with E-state index in [2.05, 4.69) is 36.3 Å². The second-order valence-electron chi connectivity index (χ2n) is 3.82. The SMILES string of the molecule is COc1nc(NC(C)Cn2cccn2)ncc1Br. The summed E-state index contributed by atoms with van der Waals surface area (Å²) in [6, 6.07) is 2.06. The fourth-order valence-electron chi connectivity index (χ4n) is 1.52. The molecule has 0 aliphatic rings. The van der Waals surface area contributed by atoms with Gasteiger partial charge < -0.3 is 10.1 Å². The number of nitrogens with one attached hydrogen (secondary N) is 1. The number of rotatable bonds is 5. The molecule has 0 spiro atoms. The van der Waals surface area contributed by atoms with Crippen molar-refractivity contribution in [3.8, 4) is 5.88 Å². The predicted octanol–water partition coefficient (Wildman–Crippen LogP) is 1.94. The average Bonchev–Trinajstić information content (AvgIpc) is 2.84. The van der Waals surface area contributed by atoms with E-state index in [0.29, 0.717) is 11.8 Å². The van der Waals surface area contributed by atoms with Gasteiger partial charge in [0, 0.05) is 18.4 Å². The van der Waals surface area contributed by atoms with E-state index in [-0.39, 0.29) is 6.04 Å². The normalized spacial score (nSPS) is 12.2. The van der Waals surface area contributed by atoms with Gasteiger partial charge in [-0.3, -0.25) is 4.68 Å². The van der Waals surface area contributed by atoms with Gasteiger partial charge in [-0.1, -0.05) is 0 Å². The molecule has 2 aromatic heterocycles. The Balaban J connectivity index is 2.00. The summed E-state index contributed by atoms with van der Waals surface area (Å²) in [5, 5.41) is 7.35. The van der Waals surface area contributed by atoms with Crippen molar-refractivity contribution >= 4 is 21.9 Å². The van der Waals surface area contributed by atoms with Gasteiger partial charge in [0.1, 0.15) is 0 Å². The van der Waals surface area contributed by atoms with E-state index in [0.717, 1.165) is 11.0 Å². The van der Waals surface area contributed by atoms with E-state index in [1.807, 2.05) is 23.9 Å². The molecule has 1 unspecified atom stereocenters. The zero-order valence-corrected chi connectivity index (χ0v) is 11.8. The van der Waals surface area contributed by atoms with E-state index in [4.69, 9.17) is 4.74 Å². The van der Waals surface area contributed by atoms with Gasteiger partial charge in [-0.05, 0) is 28.9 Å². The van der Waals surface area contributed by atoms with Crippen LogP contribution in [0.5, 0.6) is 5.88 Å². The van der Waals surface area contributed by atoms with Crippen LogP contribution in [0, 0.1) is 0 Å². The summed E-state index contributed by atoms with van der Waals surface area (Å²) in [7, 11) is 1.57. The fraction of sp³-hybridized carbons (Fsp3) is 0.364. The fourth-order valence-corrected chi connectivity index (χ4v) is 1.87. The molecule has 0 aliphatic heterocycles. The molecular formula is C11H14BrN5O. The summed E-state index contributed by atoms with van der Waals surface area (Å²) in [5.41, 5.74) is 0. The Morgan fingerprint density at radius 1 is 1.56 bits per heavy atom. The second kappa shape index (κ2) is 5.81. The molecular weight excluding hydrogens is 298 g/mol. The molecule has 96 valence electrons. The molecule has 0 fully saturated rings. The van der Waals surface area contributed by atoms with Crippen molar-refractivity contribution in [1.29, 1.82) is 0 Å². The Labute approximate surface area is 114 Å². The third-order valence-corrected chi connectivity index (χ3v) is 2.84. The number of halogens is 1. The smallest absolute Gasteiger partial charge is 0.232 e. The molecule has 0 saturated heterocycles. The molecule has 0 amide bonds. The Bertz CT molecular complexity index is 502. The van der Waals surface area contributed by atoms with Gasteiger partial charge in [-0.15, -0.1) is 0 Å². The minimum atomic E-state index is 0.163. The first-order valence-corrected chi connectivity index (χ1v) is 6.29. The highest BCUT2D eigenvalue weighted by molar-refractivity contribution is 9.10. The zero-order valence-electron chi connectivity index (χ0n) is 10.2. The summed E-state index contributed by atoms with van der Waals surface area (Å²) in [6.45, 7) is 2.79. The van der Waals surface area contributed by atoms with Gasteiger partial charge in [-0.25, -0.2) is 4.98 Å².